The second-order valence-electron chi connectivity index (χ2n) is 4.25. The summed E-state index contributed by atoms with van der Waals surface area (Å²) in [5, 5.41) is 3.24. The molecule has 2 amide bonds. The molecule has 0 aliphatic carbocycles. The highest BCUT2D eigenvalue weighted by Crippen LogP contribution is 2.15. The standard InChI is InChI=1S/C13H17ClN2O3/c1-9(12(17)19-3)8-16(2)13(18)15-11-6-4-5-10(14)7-11/h4-7,9H,8H2,1-3H3,(H,15,18). The molecule has 1 atom stereocenters. The number of rotatable bonds is 4. The van der Waals surface area contributed by atoms with Gasteiger partial charge in [-0.15, -0.1) is 0 Å². The van der Waals surface area contributed by atoms with Crippen LogP contribution in [-0.2, 0) is 9.53 Å². The normalized spacial score (nSPS) is 11.6. The molecule has 5 nitrogen and oxygen atoms in total. The fourth-order valence-corrected chi connectivity index (χ4v) is 1.74. The van der Waals surface area contributed by atoms with Crippen LogP contribution in [0.4, 0.5) is 10.5 Å². The number of anilines is 1. The zero-order valence-corrected chi connectivity index (χ0v) is 11.9. The molecule has 0 saturated heterocycles. The van der Waals surface area contributed by atoms with Crippen LogP contribution in [0.25, 0.3) is 0 Å². The van der Waals surface area contributed by atoms with E-state index in [4.69, 9.17) is 11.6 Å². The molecule has 1 unspecified atom stereocenters. The number of amides is 2. The predicted octanol–water partition coefficient (Wildman–Crippen LogP) is 2.61. The second-order valence-corrected chi connectivity index (χ2v) is 4.68. The van der Waals surface area contributed by atoms with Crippen LogP contribution in [0.3, 0.4) is 0 Å². The first kappa shape index (κ1) is 15.3. The van der Waals surface area contributed by atoms with Gasteiger partial charge in [0.05, 0.1) is 13.0 Å². The van der Waals surface area contributed by atoms with Crippen molar-refractivity contribution in [2.24, 2.45) is 5.92 Å². The SMILES string of the molecule is COC(=O)C(C)CN(C)C(=O)Nc1cccc(Cl)c1. The summed E-state index contributed by atoms with van der Waals surface area (Å²) in [4.78, 5) is 24.6. The van der Waals surface area contributed by atoms with E-state index < -0.39 is 0 Å². The van der Waals surface area contributed by atoms with Gasteiger partial charge in [-0.1, -0.05) is 24.6 Å². The topological polar surface area (TPSA) is 58.6 Å². The minimum absolute atomic E-state index is 0.277. The van der Waals surface area contributed by atoms with E-state index in [0.29, 0.717) is 10.7 Å². The number of nitrogens with one attached hydrogen (secondary N) is 1. The molecule has 0 spiro atoms. The first-order valence-electron chi connectivity index (χ1n) is 5.79. The summed E-state index contributed by atoms with van der Waals surface area (Å²) < 4.78 is 4.61. The summed E-state index contributed by atoms with van der Waals surface area (Å²) >= 11 is 5.83. The Kier molecular flexibility index (Phi) is 5.63. The van der Waals surface area contributed by atoms with Crippen LogP contribution in [0.1, 0.15) is 6.92 Å². The number of nitrogens with zero attached hydrogens (tertiary/aromatic N) is 1. The average molecular weight is 285 g/mol. The largest absolute Gasteiger partial charge is 0.469 e. The Morgan fingerprint density at radius 1 is 1.47 bits per heavy atom. The first-order valence-corrected chi connectivity index (χ1v) is 6.17. The van der Waals surface area contributed by atoms with Crippen molar-refractivity contribution in [1.29, 1.82) is 0 Å². The number of hydrogen-bond acceptors (Lipinski definition) is 3. The van der Waals surface area contributed by atoms with Crippen LogP contribution < -0.4 is 5.32 Å². The zero-order chi connectivity index (χ0) is 14.4. The van der Waals surface area contributed by atoms with E-state index in [-0.39, 0.29) is 24.5 Å². The third kappa shape index (κ3) is 4.79. The second kappa shape index (κ2) is 6.99. The van der Waals surface area contributed by atoms with Gasteiger partial charge < -0.3 is 15.0 Å². The third-order valence-electron chi connectivity index (χ3n) is 2.57. The number of hydrogen-bond donors (Lipinski definition) is 1. The minimum Gasteiger partial charge on any atom is -0.469 e. The summed E-state index contributed by atoms with van der Waals surface area (Å²) in [5.74, 6) is -0.720. The van der Waals surface area contributed by atoms with Gasteiger partial charge in [0.15, 0.2) is 0 Å². The molecule has 104 valence electrons. The lowest BCUT2D eigenvalue weighted by atomic mass is 10.2. The van der Waals surface area contributed by atoms with Gasteiger partial charge in [-0.05, 0) is 18.2 Å². The van der Waals surface area contributed by atoms with Crippen molar-refractivity contribution in [3.05, 3.63) is 29.3 Å². The van der Waals surface area contributed by atoms with Gasteiger partial charge in [0.2, 0.25) is 0 Å². The zero-order valence-electron chi connectivity index (χ0n) is 11.1. The maximum absolute atomic E-state index is 11.9. The minimum atomic E-state index is -0.375. The van der Waals surface area contributed by atoms with Crippen molar-refractivity contribution in [1.82, 2.24) is 4.90 Å². The summed E-state index contributed by atoms with van der Waals surface area (Å²) in [6.45, 7) is 1.98. The summed E-state index contributed by atoms with van der Waals surface area (Å²) in [5.41, 5.74) is 0.607. The molecule has 0 aliphatic rings. The molecule has 1 rings (SSSR count). The molecule has 0 fully saturated rings. The number of esters is 1. The highest BCUT2D eigenvalue weighted by molar-refractivity contribution is 6.30. The maximum Gasteiger partial charge on any atom is 0.321 e. The van der Waals surface area contributed by atoms with Crippen molar-refractivity contribution >= 4 is 29.3 Å². The molecule has 0 radical (unpaired) electrons. The van der Waals surface area contributed by atoms with Gasteiger partial charge >= 0.3 is 12.0 Å². The number of urea groups is 1. The molecule has 0 bridgehead atoms. The van der Waals surface area contributed by atoms with Gasteiger partial charge in [-0.2, -0.15) is 0 Å². The van der Waals surface area contributed by atoms with Crippen LogP contribution in [-0.4, -0.2) is 37.6 Å². The lowest BCUT2D eigenvalue weighted by molar-refractivity contribution is -0.145. The lowest BCUT2D eigenvalue weighted by Gasteiger charge is -2.20. The Balaban J connectivity index is 2.56. The maximum atomic E-state index is 11.9. The van der Waals surface area contributed by atoms with Gasteiger partial charge in [-0.25, -0.2) is 4.79 Å². The molecular formula is C13H17ClN2O3. The molecule has 19 heavy (non-hydrogen) atoms. The summed E-state index contributed by atoms with van der Waals surface area (Å²) in [6, 6.07) is 6.55. The Hall–Kier alpha value is -1.75. The van der Waals surface area contributed by atoms with Crippen molar-refractivity contribution in [3.8, 4) is 0 Å². The van der Waals surface area contributed by atoms with Gasteiger partial charge in [0.1, 0.15) is 0 Å². The smallest absolute Gasteiger partial charge is 0.321 e. The van der Waals surface area contributed by atoms with E-state index in [2.05, 4.69) is 10.1 Å². The fourth-order valence-electron chi connectivity index (χ4n) is 1.55. The first-order chi connectivity index (χ1) is 8.93. The van der Waals surface area contributed by atoms with E-state index in [1.807, 2.05) is 0 Å². The molecule has 1 N–H and O–H groups in total. The van der Waals surface area contributed by atoms with Crippen LogP contribution in [0.5, 0.6) is 0 Å². The van der Waals surface area contributed by atoms with Crippen molar-refractivity contribution in [2.75, 3.05) is 26.0 Å². The Morgan fingerprint density at radius 3 is 2.74 bits per heavy atom. The van der Waals surface area contributed by atoms with E-state index in [0.717, 1.165) is 0 Å². The number of carbonyl (C=O) groups excluding carboxylic acids is 2. The number of methoxy groups -OCH3 is 1. The Morgan fingerprint density at radius 2 is 2.16 bits per heavy atom. The average Bonchev–Trinajstić information content (AvgIpc) is 2.37. The van der Waals surface area contributed by atoms with Gasteiger partial charge in [0, 0.05) is 24.3 Å². The highest BCUT2D eigenvalue weighted by atomic mass is 35.5. The monoisotopic (exact) mass is 284 g/mol. The summed E-state index contributed by atoms with van der Waals surface area (Å²) in [7, 11) is 2.93. The quantitative estimate of drug-likeness (QED) is 0.865. The van der Waals surface area contributed by atoms with E-state index in [1.54, 1.807) is 38.2 Å². The molecule has 1 aromatic rings. The third-order valence-corrected chi connectivity index (χ3v) is 2.81. The molecular weight excluding hydrogens is 268 g/mol. The van der Waals surface area contributed by atoms with Crippen LogP contribution in [0, 0.1) is 5.92 Å². The van der Waals surface area contributed by atoms with Gasteiger partial charge in [0.25, 0.3) is 0 Å². The van der Waals surface area contributed by atoms with E-state index >= 15 is 0 Å². The van der Waals surface area contributed by atoms with Crippen molar-refractivity contribution in [3.63, 3.8) is 0 Å². The van der Waals surface area contributed by atoms with Crippen molar-refractivity contribution in [2.45, 2.75) is 6.92 Å². The number of ether oxygens (including phenoxy) is 1. The predicted molar refractivity (Wildman–Crippen MR) is 74.3 cm³/mol. The lowest BCUT2D eigenvalue weighted by Crippen LogP contribution is -2.37. The van der Waals surface area contributed by atoms with Crippen LogP contribution in [0.15, 0.2) is 24.3 Å². The van der Waals surface area contributed by atoms with Crippen molar-refractivity contribution < 1.29 is 14.3 Å². The molecule has 0 saturated carbocycles. The van der Waals surface area contributed by atoms with E-state index in [9.17, 15) is 9.59 Å². The highest BCUT2D eigenvalue weighted by Gasteiger charge is 2.18. The molecule has 0 aromatic heterocycles. The van der Waals surface area contributed by atoms with Crippen LogP contribution in [0.2, 0.25) is 5.02 Å². The number of benzene rings is 1. The molecule has 0 heterocycles. The van der Waals surface area contributed by atoms with Crippen LogP contribution >= 0.6 is 11.6 Å². The molecule has 6 heteroatoms. The molecule has 1 aromatic carbocycles. The fraction of sp³-hybridized carbons (Fsp3) is 0.385. The Bertz CT molecular complexity index is 465. The summed E-state index contributed by atoms with van der Waals surface area (Å²) in [6.07, 6.45) is 0. The molecule has 0 aliphatic heterocycles. The van der Waals surface area contributed by atoms with E-state index in [1.165, 1.54) is 12.0 Å². The number of halogens is 1. The number of carbonyl (C=O) groups is 2. The van der Waals surface area contributed by atoms with Gasteiger partial charge in [-0.3, -0.25) is 4.79 Å². The Labute approximate surface area is 117 Å².